The van der Waals surface area contributed by atoms with Gasteiger partial charge in [0, 0.05) is 32.7 Å². The lowest BCUT2D eigenvalue weighted by Gasteiger charge is -2.28. The highest BCUT2D eigenvalue weighted by Gasteiger charge is 2.35. The van der Waals surface area contributed by atoms with Crippen LogP contribution in [0.25, 0.3) is 0 Å². The summed E-state index contributed by atoms with van der Waals surface area (Å²) in [5.74, 6) is 0.385. The quantitative estimate of drug-likeness (QED) is 0.791. The molecule has 2 fully saturated rings. The van der Waals surface area contributed by atoms with E-state index in [2.05, 4.69) is 20.8 Å². The molecule has 2 saturated heterocycles. The Morgan fingerprint density at radius 2 is 2.00 bits per heavy atom. The predicted octanol–water partition coefficient (Wildman–Crippen LogP) is 1.38. The van der Waals surface area contributed by atoms with Crippen LogP contribution in [0.3, 0.4) is 0 Å². The van der Waals surface area contributed by atoms with Crippen molar-refractivity contribution in [2.45, 2.75) is 11.5 Å². The molecule has 0 radical (unpaired) electrons. The third-order valence-corrected chi connectivity index (χ3v) is 6.18. The summed E-state index contributed by atoms with van der Waals surface area (Å²) in [5.41, 5.74) is 0. The summed E-state index contributed by atoms with van der Waals surface area (Å²) < 4.78 is 37.4. The second kappa shape index (κ2) is 6.37. The average molecular weight is 379 g/mol. The third kappa shape index (κ3) is 3.50. The molecule has 3 heterocycles. The van der Waals surface area contributed by atoms with E-state index in [0.29, 0.717) is 23.7 Å². The van der Waals surface area contributed by atoms with E-state index in [0.717, 1.165) is 39.3 Å². The van der Waals surface area contributed by atoms with Crippen LogP contribution in [0.1, 0.15) is 6.42 Å². The highest BCUT2D eigenvalue weighted by molar-refractivity contribution is 9.10. The summed E-state index contributed by atoms with van der Waals surface area (Å²) in [6.07, 6.45) is 0.901. The van der Waals surface area contributed by atoms with E-state index in [9.17, 15) is 8.42 Å². The Morgan fingerprint density at radius 1 is 1.24 bits per heavy atom. The first kappa shape index (κ1) is 15.5. The van der Waals surface area contributed by atoms with Crippen molar-refractivity contribution in [1.82, 2.24) is 9.21 Å². The van der Waals surface area contributed by atoms with Gasteiger partial charge in [-0.15, -0.1) is 0 Å². The minimum atomic E-state index is -3.50. The molecule has 0 spiro atoms. The molecule has 6 nitrogen and oxygen atoms in total. The highest BCUT2D eigenvalue weighted by atomic mass is 79.9. The molecular weight excluding hydrogens is 360 g/mol. The lowest BCUT2D eigenvalue weighted by atomic mass is 10.1. The van der Waals surface area contributed by atoms with E-state index in [1.165, 1.54) is 10.4 Å². The summed E-state index contributed by atoms with van der Waals surface area (Å²) >= 11 is 3.14. The topological polar surface area (TPSA) is 63.0 Å². The molecule has 1 atom stereocenters. The lowest BCUT2D eigenvalue weighted by molar-refractivity contribution is 0.0316. The van der Waals surface area contributed by atoms with Crippen LogP contribution in [0, 0.1) is 5.92 Å². The SMILES string of the molecule is O=S(=O)(c1ccc(Br)o1)N1CCC(CN2CCOCC2)C1. The predicted molar refractivity (Wildman–Crippen MR) is 80.5 cm³/mol. The second-order valence-corrected chi connectivity index (χ2v) is 8.14. The Hall–Kier alpha value is -0.410. The molecule has 1 unspecified atom stereocenters. The van der Waals surface area contributed by atoms with E-state index in [4.69, 9.17) is 9.15 Å². The van der Waals surface area contributed by atoms with Crippen molar-refractivity contribution in [3.05, 3.63) is 16.8 Å². The van der Waals surface area contributed by atoms with Crippen molar-refractivity contribution in [3.8, 4) is 0 Å². The van der Waals surface area contributed by atoms with Crippen LogP contribution in [-0.2, 0) is 14.8 Å². The minimum absolute atomic E-state index is 0.0152. The van der Waals surface area contributed by atoms with E-state index < -0.39 is 10.0 Å². The standard InChI is InChI=1S/C13H19BrN2O4S/c14-12-1-2-13(20-12)21(17,18)16-4-3-11(10-16)9-15-5-7-19-8-6-15/h1-2,11H,3-10H2. The Balaban J connectivity index is 1.61. The number of rotatable bonds is 4. The van der Waals surface area contributed by atoms with Crippen molar-refractivity contribution in [2.75, 3.05) is 45.9 Å². The van der Waals surface area contributed by atoms with Crippen LogP contribution in [0.4, 0.5) is 0 Å². The Labute approximate surface area is 133 Å². The van der Waals surface area contributed by atoms with E-state index in [1.54, 1.807) is 6.07 Å². The summed E-state index contributed by atoms with van der Waals surface area (Å²) in [4.78, 5) is 2.35. The summed E-state index contributed by atoms with van der Waals surface area (Å²) in [6, 6.07) is 3.10. The molecule has 2 aliphatic rings. The van der Waals surface area contributed by atoms with Crippen molar-refractivity contribution in [1.29, 1.82) is 0 Å². The van der Waals surface area contributed by atoms with E-state index in [1.807, 2.05) is 0 Å². The number of nitrogens with zero attached hydrogens (tertiary/aromatic N) is 2. The van der Waals surface area contributed by atoms with Crippen LogP contribution in [0.2, 0.25) is 0 Å². The van der Waals surface area contributed by atoms with Crippen LogP contribution < -0.4 is 0 Å². The van der Waals surface area contributed by atoms with Gasteiger partial charge in [-0.2, -0.15) is 4.31 Å². The molecule has 0 saturated carbocycles. The molecular formula is C13H19BrN2O4S. The molecule has 118 valence electrons. The maximum atomic E-state index is 12.5. The highest BCUT2D eigenvalue weighted by Crippen LogP contribution is 2.27. The number of furan rings is 1. The fourth-order valence-corrected chi connectivity index (χ4v) is 4.73. The number of ether oxygens (including phenoxy) is 1. The first-order valence-electron chi connectivity index (χ1n) is 7.11. The largest absolute Gasteiger partial charge is 0.437 e. The van der Waals surface area contributed by atoms with E-state index >= 15 is 0 Å². The van der Waals surface area contributed by atoms with Gasteiger partial charge in [0.15, 0.2) is 4.67 Å². The molecule has 0 aromatic carbocycles. The molecule has 3 rings (SSSR count). The fraction of sp³-hybridized carbons (Fsp3) is 0.692. The van der Waals surface area contributed by atoms with Gasteiger partial charge in [-0.25, -0.2) is 8.42 Å². The summed E-state index contributed by atoms with van der Waals surface area (Å²) in [6.45, 7) is 5.50. The molecule has 8 heteroatoms. The van der Waals surface area contributed by atoms with Crippen molar-refractivity contribution in [3.63, 3.8) is 0 Å². The van der Waals surface area contributed by atoms with Crippen LogP contribution in [0.5, 0.6) is 0 Å². The molecule has 0 amide bonds. The number of halogens is 1. The number of hydrogen-bond donors (Lipinski definition) is 0. The molecule has 21 heavy (non-hydrogen) atoms. The Bertz CT molecular complexity index is 583. The number of morpholine rings is 1. The zero-order valence-corrected chi connectivity index (χ0v) is 14.1. The van der Waals surface area contributed by atoms with Gasteiger partial charge in [-0.3, -0.25) is 4.90 Å². The van der Waals surface area contributed by atoms with Crippen molar-refractivity contribution in [2.24, 2.45) is 5.92 Å². The molecule has 1 aromatic rings. The molecule has 1 aromatic heterocycles. The van der Waals surface area contributed by atoms with Gasteiger partial charge in [0.25, 0.3) is 10.0 Å². The molecule has 0 N–H and O–H groups in total. The number of hydrogen-bond acceptors (Lipinski definition) is 5. The maximum absolute atomic E-state index is 12.5. The summed E-state index contributed by atoms with van der Waals surface area (Å²) in [7, 11) is -3.50. The maximum Gasteiger partial charge on any atom is 0.276 e. The Kier molecular flexibility index (Phi) is 4.70. The van der Waals surface area contributed by atoms with Crippen LogP contribution in [0.15, 0.2) is 26.3 Å². The minimum Gasteiger partial charge on any atom is -0.437 e. The zero-order chi connectivity index (χ0) is 14.9. The van der Waals surface area contributed by atoms with Crippen LogP contribution in [-0.4, -0.2) is 63.6 Å². The lowest BCUT2D eigenvalue weighted by Crippen LogP contribution is -2.40. The van der Waals surface area contributed by atoms with Gasteiger partial charge < -0.3 is 9.15 Å². The van der Waals surface area contributed by atoms with Crippen molar-refractivity contribution < 1.29 is 17.6 Å². The van der Waals surface area contributed by atoms with Crippen molar-refractivity contribution >= 4 is 26.0 Å². The first-order chi connectivity index (χ1) is 10.1. The molecule has 0 aliphatic carbocycles. The fourth-order valence-electron chi connectivity index (χ4n) is 2.88. The number of sulfonamides is 1. The van der Waals surface area contributed by atoms with E-state index in [-0.39, 0.29) is 5.09 Å². The normalized spacial score (nSPS) is 25.5. The monoisotopic (exact) mass is 378 g/mol. The smallest absolute Gasteiger partial charge is 0.276 e. The van der Waals surface area contributed by atoms with Gasteiger partial charge in [-0.1, -0.05) is 0 Å². The second-order valence-electron chi connectivity index (χ2n) is 5.49. The third-order valence-electron chi connectivity index (χ3n) is 4.01. The molecule has 2 aliphatic heterocycles. The van der Waals surface area contributed by atoms with Gasteiger partial charge >= 0.3 is 0 Å². The first-order valence-corrected chi connectivity index (χ1v) is 9.34. The Morgan fingerprint density at radius 3 is 2.67 bits per heavy atom. The summed E-state index contributed by atoms with van der Waals surface area (Å²) in [5, 5.41) is 0.0152. The molecule has 0 bridgehead atoms. The van der Waals surface area contributed by atoms with Gasteiger partial charge in [0.2, 0.25) is 5.09 Å². The van der Waals surface area contributed by atoms with Gasteiger partial charge in [-0.05, 0) is 40.4 Å². The van der Waals surface area contributed by atoms with Gasteiger partial charge in [0.1, 0.15) is 0 Å². The average Bonchev–Trinajstić information content (AvgIpc) is 3.10. The van der Waals surface area contributed by atoms with Crippen LogP contribution >= 0.6 is 15.9 Å². The van der Waals surface area contributed by atoms with Gasteiger partial charge in [0.05, 0.1) is 13.2 Å². The zero-order valence-electron chi connectivity index (χ0n) is 11.7.